The summed E-state index contributed by atoms with van der Waals surface area (Å²) in [6.45, 7) is 0.760. The summed E-state index contributed by atoms with van der Waals surface area (Å²) in [7, 11) is 4.60. The molecule has 4 rings (SSSR count). The molecule has 0 saturated carbocycles. The molecule has 3 aromatic carbocycles. The lowest BCUT2D eigenvalue weighted by atomic mass is 10.1. The third-order valence-corrected chi connectivity index (χ3v) is 5.38. The minimum Gasteiger partial charge on any atom is -0.493 e. The molecule has 0 N–H and O–H groups in total. The molecular formula is C27H25NO4. The fourth-order valence-electron chi connectivity index (χ4n) is 3.80. The Morgan fingerprint density at radius 1 is 0.875 bits per heavy atom. The molecule has 0 bridgehead atoms. The zero-order valence-corrected chi connectivity index (χ0v) is 18.4. The van der Waals surface area contributed by atoms with E-state index in [-0.39, 0.29) is 5.78 Å². The Bertz CT molecular complexity index is 1250. The maximum Gasteiger partial charge on any atom is 0.203 e. The summed E-state index contributed by atoms with van der Waals surface area (Å²) in [6, 6.07) is 21.8. The van der Waals surface area contributed by atoms with Crippen molar-refractivity contribution in [2.75, 3.05) is 21.3 Å². The van der Waals surface area contributed by atoms with Crippen LogP contribution in [0.4, 0.5) is 0 Å². The average molecular weight is 428 g/mol. The molecule has 162 valence electrons. The maximum absolute atomic E-state index is 12.9. The van der Waals surface area contributed by atoms with E-state index in [9.17, 15) is 4.79 Å². The second-order valence-corrected chi connectivity index (χ2v) is 7.33. The Morgan fingerprint density at radius 2 is 1.53 bits per heavy atom. The number of aromatic nitrogens is 1. The number of benzene rings is 3. The first kappa shape index (κ1) is 21.2. The van der Waals surface area contributed by atoms with Crippen LogP contribution in [0.25, 0.3) is 17.0 Å². The van der Waals surface area contributed by atoms with Crippen molar-refractivity contribution in [2.45, 2.75) is 6.54 Å². The molecule has 5 heteroatoms. The molecule has 1 aromatic heterocycles. The van der Waals surface area contributed by atoms with Gasteiger partial charge in [-0.3, -0.25) is 4.79 Å². The molecule has 0 atom stereocenters. The minimum atomic E-state index is -0.149. The predicted octanol–water partition coefficient (Wildman–Crippen LogP) is 5.61. The van der Waals surface area contributed by atoms with E-state index in [2.05, 4.69) is 35.0 Å². The summed E-state index contributed by atoms with van der Waals surface area (Å²) in [4.78, 5) is 12.9. The molecule has 0 amide bonds. The molecular weight excluding hydrogens is 402 g/mol. The molecule has 5 nitrogen and oxygen atoms in total. The van der Waals surface area contributed by atoms with E-state index >= 15 is 0 Å². The molecule has 0 unspecified atom stereocenters. The third kappa shape index (κ3) is 4.23. The van der Waals surface area contributed by atoms with Crippen molar-refractivity contribution in [3.8, 4) is 17.2 Å². The highest BCUT2D eigenvalue weighted by Gasteiger charge is 2.16. The molecule has 4 aromatic rings. The Hall–Kier alpha value is -3.99. The van der Waals surface area contributed by atoms with E-state index in [0.717, 1.165) is 23.0 Å². The maximum atomic E-state index is 12.9. The van der Waals surface area contributed by atoms with Gasteiger partial charge in [0.2, 0.25) is 5.75 Å². The lowest BCUT2D eigenvalue weighted by molar-refractivity contribution is 0.104. The van der Waals surface area contributed by atoms with Crippen LogP contribution in [0.2, 0.25) is 0 Å². The Balaban J connectivity index is 1.66. The second-order valence-electron chi connectivity index (χ2n) is 7.33. The first-order chi connectivity index (χ1) is 15.6. The summed E-state index contributed by atoms with van der Waals surface area (Å²) in [6.07, 6.45) is 5.52. The van der Waals surface area contributed by atoms with Crippen LogP contribution in [0, 0.1) is 0 Å². The van der Waals surface area contributed by atoms with E-state index in [1.807, 2.05) is 36.4 Å². The van der Waals surface area contributed by atoms with Gasteiger partial charge in [-0.2, -0.15) is 0 Å². The highest BCUT2D eigenvalue weighted by molar-refractivity contribution is 6.08. The van der Waals surface area contributed by atoms with Crippen LogP contribution >= 0.6 is 0 Å². The first-order valence-electron chi connectivity index (χ1n) is 10.3. The number of carbonyl (C=O) groups excluding carboxylic acids is 1. The summed E-state index contributed by atoms with van der Waals surface area (Å²) >= 11 is 0. The van der Waals surface area contributed by atoms with Crippen molar-refractivity contribution in [3.63, 3.8) is 0 Å². The van der Waals surface area contributed by atoms with Crippen molar-refractivity contribution in [1.29, 1.82) is 0 Å². The number of hydrogen-bond acceptors (Lipinski definition) is 4. The molecule has 0 radical (unpaired) electrons. The fourth-order valence-corrected chi connectivity index (χ4v) is 3.80. The van der Waals surface area contributed by atoms with E-state index < -0.39 is 0 Å². The number of carbonyl (C=O) groups is 1. The Morgan fingerprint density at radius 3 is 2.19 bits per heavy atom. The second kappa shape index (κ2) is 9.43. The van der Waals surface area contributed by atoms with E-state index in [0.29, 0.717) is 22.8 Å². The summed E-state index contributed by atoms with van der Waals surface area (Å²) < 4.78 is 18.3. The summed E-state index contributed by atoms with van der Waals surface area (Å²) in [5.41, 5.74) is 3.79. The number of ether oxygens (including phenoxy) is 3. The number of rotatable bonds is 8. The van der Waals surface area contributed by atoms with Gasteiger partial charge in [-0.25, -0.2) is 0 Å². The van der Waals surface area contributed by atoms with Crippen molar-refractivity contribution in [1.82, 2.24) is 4.57 Å². The van der Waals surface area contributed by atoms with Crippen molar-refractivity contribution in [2.24, 2.45) is 0 Å². The molecule has 1 heterocycles. The van der Waals surface area contributed by atoms with Gasteiger partial charge in [0, 0.05) is 34.8 Å². The van der Waals surface area contributed by atoms with Gasteiger partial charge in [0.15, 0.2) is 17.3 Å². The van der Waals surface area contributed by atoms with Gasteiger partial charge in [0.1, 0.15) is 0 Å². The minimum absolute atomic E-state index is 0.149. The summed E-state index contributed by atoms with van der Waals surface area (Å²) in [5.74, 6) is 1.20. The van der Waals surface area contributed by atoms with E-state index in [4.69, 9.17) is 14.2 Å². The Labute approximate surface area is 187 Å². The van der Waals surface area contributed by atoms with Gasteiger partial charge in [0.25, 0.3) is 0 Å². The van der Waals surface area contributed by atoms with Crippen LogP contribution in [-0.2, 0) is 6.54 Å². The monoisotopic (exact) mass is 427 g/mol. The zero-order chi connectivity index (χ0) is 22.5. The van der Waals surface area contributed by atoms with Crippen LogP contribution in [0.1, 0.15) is 21.5 Å². The standard InChI is InChI=1S/C27H25NO4/c1-30-25-15-21(16-26(31-2)27(25)32-3)24(29)14-13-20-18-28(17-19-9-5-4-6-10-19)23-12-8-7-11-22(20)23/h4-16,18H,17H2,1-3H3/b14-13+. The van der Waals surface area contributed by atoms with Crippen LogP contribution in [0.5, 0.6) is 17.2 Å². The van der Waals surface area contributed by atoms with E-state index in [1.165, 1.54) is 26.9 Å². The van der Waals surface area contributed by atoms with Gasteiger partial charge in [-0.1, -0.05) is 48.5 Å². The number of allylic oxidation sites excluding steroid dienone is 1. The SMILES string of the molecule is COc1cc(C(=O)/C=C/c2cn(Cc3ccccc3)c3ccccc23)cc(OC)c1OC. The molecule has 0 spiro atoms. The molecule has 0 saturated heterocycles. The number of ketones is 1. The summed E-state index contributed by atoms with van der Waals surface area (Å²) in [5, 5.41) is 1.09. The molecule has 0 aliphatic rings. The van der Waals surface area contributed by atoms with Gasteiger partial charge in [-0.15, -0.1) is 0 Å². The van der Waals surface area contributed by atoms with Gasteiger partial charge in [0.05, 0.1) is 21.3 Å². The zero-order valence-electron chi connectivity index (χ0n) is 18.4. The number of methoxy groups -OCH3 is 3. The third-order valence-electron chi connectivity index (χ3n) is 5.38. The molecule has 0 aliphatic carbocycles. The first-order valence-corrected chi connectivity index (χ1v) is 10.3. The van der Waals surface area contributed by atoms with Crippen LogP contribution in [0.15, 0.2) is 79.0 Å². The van der Waals surface area contributed by atoms with Crippen molar-refractivity contribution in [3.05, 3.63) is 95.7 Å². The normalized spacial score (nSPS) is 11.1. The average Bonchev–Trinajstić information content (AvgIpc) is 3.19. The van der Waals surface area contributed by atoms with Gasteiger partial charge < -0.3 is 18.8 Å². The Kier molecular flexibility index (Phi) is 6.26. The smallest absolute Gasteiger partial charge is 0.203 e. The molecule has 0 aliphatic heterocycles. The topological polar surface area (TPSA) is 49.7 Å². The van der Waals surface area contributed by atoms with Crippen LogP contribution in [0.3, 0.4) is 0 Å². The highest BCUT2D eigenvalue weighted by atomic mass is 16.5. The van der Waals surface area contributed by atoms with E-state index in [1.54, 1.807) is 18.2 Å². The number of nitrogens with zero attached hydrogens (tertiary/aromatic N) is 1. The number of fused-ring (bicyclic) bond motifs is 1. The lowest BCUT2D eigenvalue weighted by Gasteiger charge is -2.13. The number of hydrogen-bond donors (Lipinski definition) is 0. The number of para-hydroxylation sites is 1. The predicted molar refractivity (Wildman–Crippen MR) is 127 cm³/mol. The quantitative estimate of drug-likeness (QED) is 0.271. The van der Waals surface area contributed by atoms with Crippen LogP contribution < -0.4 is 14.2 Å². The van der Waals surface area contributed by atoms with Crippen LogP contribution in [-0.4, -0.2) is 31.7 Å². The molecule has 0 fully saturated rings. The van der Waals surface area contributed by atoms with Crippen molar-refractivity contribution >= 4 is 22.8 Å². The highest BCUT2D eigenvalue weighted by Crippen LogP contribution is 2.38. The molecule has 32 heavy (non-hydrogen) atoms. The van der Waals surface area contributed by atoms with Crippen molar-refractivity contribution < 1.29 is 19.0 Å². The fraction of sp³-hybridized carbons (Fsp3) is 0.148. The van der Waals surface area contributed by atoms with Gasteiger partial charge in [-0.05, 0) is 35.9 Å². The largest absolute Gasteiger partial charge is 0.493 e. The van der Waals surface area contributed by atoms with Gasteiger partial charge >= 0.3 is 0 Å². The lowest BCUT2D eigenvalue weighted by Crippen LogP contribution is -2.00.